The first-order valence-corrected chi connectivity index (χ1v) is 6.08. The molecule has 1 aliphatic rings. The second-order valence-corrected chi connectivity index (χ2v) is 4.08. The Labute approximate surface area is 106 Å². The molecule has 1 atom stereocenters. The second-order valence-electron chi connectivity index (χ2n) is 4.08. The molecule has 5 nitrogen and oxygen atoms in total. The van der Waals surface area contributed by atoms with E-state index in [0.29, 0.717) is 12.4 Å². The first kappa shape index (κ1) is 12.7. The molecule has 0 saturated carbocycles. The van der Waals surface area contributed by atoms with E-state index in [4.69, 9.17) is 9.47 Å². The van der Waals surface area contributed by atoms with Crippen LogP contribution in [0.15, 0.2) is 18.2 Å². The quantitative estimate of drug-likeness (QED) is 0.813. The van der Waals surface area contributed by atoms with Crippen molar-refractivity contribution in [3.63, 3.8) is 0 Å². The Bertz CT molecular complexity index is 434. The third kappa shape index (κ3) is 2.73. The van der Waals surface area contributed by atoms with Crippen LogP contribution in [0.1, 0.15) is 18.5 Å². The van der Waals surface area contributed by atoms with Crippen LogP contribution in [0.5, 0.6) is 11.5 Å². The van der Waals surface area contributed by atoms with Crippen LogP contribution >= 0.6 is 0 Å². The van der Waals surface area contributed by atoms with Gasteiger partial charge in [0.05, 0.1) is 6.04 Å². The zero-order valence-electron chi connectivity index (χ0n) is 10.7. The molecule has 1 unspecified atom stereocenters. The number of rotatable bonds is 5. The number of hydrogen-bond donors (Lipinski definition) is 2. The van der Waals surface area contributed by atoms with Crippen molar-refractivity contribution in [1.29, 1.82) is 0 Å². The lowest BCUT2D eigenvalue weighted by Crippen LogP contribution is -2.24. The number of amides is 1. The molecule has 98 valence electrons. The van der Waals surface area contributed by atoms with E-state index in [1.807, 2.05) is 18.2 Å². The van der Waals surface area contributed by atoms with Gasteiger partial charge in [-0.25, -0.2) is 0 Å². The van der Waals surface area contributed by atoms with Crippen molar-refractivity contribution >= 4 is 5.91 Å². The molecule has 0 fully saturated rings. The molecule has 0 bridgehead atoms. The number of carbonyl (C=O) groups excluding carboxylic acids is 1. The standard InChI is InChI=1S/C13H18N2O3/c1-3-15-11-7-18-12-6-9(4-5-10(11)12)17-8-13(16)14-2/h4-6,11,15H,3,7-8H2,1-2H3,(H,14,16). The van der Waals surface area contributed by atoms with Gasteiger partial charge in [0.15, 0.2) is 6.61 Å². The summed E-state index contributed by atoms with van der Waals surface area (Å²) < 4.78 is 11.0. The van der Waals surface area contributed by atoms with Crippen LogP contribution in [-0.4, -0.2) is 32.7 Å². The van der Waals surface area contributed by atoms with E-state index in [1.165, 1.54) is 0 Å². The van der Waals surface area contributed by atoms with E-state index < -0.39 is 0 Å². The van der Waals surface area contributed by atoms with Gasteiger partial charge in [0.2, 0.25) is 0 Å². The minimum absolute atomic E-state index is 0.0198. The Hall–Kier alpha value is -1.75. The third-order valence-electron chi connectivity index (χ3n) is 2.87. The summed E-state index contributed by atoms with van der Waals surface area (Å²) in [5, 5.41) is 5.86. The maximum atomic E-state index is 11.1. The number of carbonyl (C=O) groups is 1. The number of benzene rings is 1. The Morgan fingerprint density at radius 1 is 1.56 bits per heavy atom. The second kappa shape index (κ2) is 5.73. The molecule has 0 aromatic heterocycles. The van der Waals surface area contributed by atoms with E-state index in [9.17, 15) is 4.79 Å². The fraction of sp³-hybridized carbons (Fsp3) is 0.462. The van der Waals surface area contributed by atoms with E-state index in [-0.39, 0.29) is 18.6 Å². The zero-order chi connectivity index (χ0) is 13.0. The van der Waals surface area contributed by atoms with Crippen molar-refractivity contribution in [1.82, 2.24) is 10.6 Å². The summed E-state index contributed by atoms with van der Waals surface area (Å²) in [5.74, 6) is 1.33. The monoisotopic (exact) mass is 250 g/mol. The number of likely N-dealkylation sites (N-methyl/N-ethyl adjacent to an activating group) is 2. The lowest BCUT2D eigenvalue weighted by molar-refractivity contribution is -0.122. The number of nitrogens with one attached hydrogen (secondary N) is 2. The molecule has 0 radical (unpaired) electrons. The number of fused-ring (bicyclic) bond motifs is 1. The summed E-state index contributed by atoms with van der Waals surface area (Å²) in [4.78, 5) is 11.1. The molecule has 2 N–H and O–H groups in total. The molecule has 1 aromatic rings. The molecule has 0 aliphatic carbocycles. The minimum atomic E-state index is -0.151. The SMILES string of the molecule is CCNC1COc2cc(OCC(=O)NC)ccc21. The summed E-state index contributed by atoms with van der Waals surface area (Å²) in [6.45, 7) is 3.63. The van der Waals surface area contributed by atoms with Gasteiger partial charge in [-0.2, -0.15) is 0 Å². The normalized spacial score (nSPS) is 16.9. The fourth-order valence-electron chi connectivity index (χ4n) is 1.92. The average molecular weight is 250 g/mol. The molecular weight excluding hydrogens is 232 g/mol. The van der Waals surface area contributed by atoms with Crippen LogP contribution in [0.4, 0.5) is 0 Å². The molecule has 5 heteroatoms. The van der Waals surface area contributed by atoms with Crippen molar-refractivity contribution in [2.45, 2.75) is 13.0 Å². The summed E-state index contributed by atoms with van der Waals surface area (Å²) >= 11 is 0. The van der Waals surface area contributed by atoms with Crippen molar-refractivity contribution in [3.05, 3.63) is 23.8 Å². The lowest BCUT2D eigenvalue weighted by atomic mass is 10.1. The van der Waals surface area contributed by atoms with Gasteiger partial charge < -0.3 is 20.1 Å². The van der Waals surface area contributed by atoms with Crippen LogP contribution in [0, 0.1) is 0 Å². The smallest absolute Gasteiger partial charge is 0.257 e. The molecule has 18 heavy (non-hydrogen) atoms. The van der Waals surface area contributed by atoms with Gasteiger partial charge in [0, 0.05) is 18.7 Å². The fourth-order valence-corrected chi connectivity index (χ4v) is 1.92. The summed E-state index contributed by atoms with van der Waals surface area (Å²) in [6.07, 6.45) is 0. The van der Waals surface area contributed by atoms with Gasteiger partial charge in [-0.3, -0.25) is 4.79 Å². The van der Waals surface area contributed by atoms with Crippen molar-refractivity contribution in [2.75, 3.05) is 26.8 Å². The predicted octanol–water partition coefficient (Wildman–Crippen LogP) is 0.854. The van der Waals surface area contributed by atoms with Crippen LogP contribution in [0.2, 0.25) is 0 Å². The van der Waals surface area contributed by atoms with E-state index in [2.05, 4.69) is 17.6 Å². The van der Waals surface area contributed by atoms with Crippen LogP contribution < -0.4 is 20.1 Å². The van der Waals surface area contributed by atoms with Gasteiger partial charge in [-0.1, -0.05) is 6.92 Å². The highest BCUT2D eigenvalue weighted by molar-refractivity contribution is 5.77. The van der Waals surface area contributed by atoms with Crippen molar-refractivity contribution < 1.29 is 14.3 Å². The van der Waals surface area contributed by atoms with Gasteiger partial charge in [-0.15, -0.1) is 0 Å². The zero-order valence-corrected chi connectivity index (χ0v) is 10.7. The molecule has 1 heterocycles. The van der Waals surface area contributed by atoms with Crippen LogP contribution in [0.25, 0.3) is 0 Å². The summed E-state index contributed by atoms with van der Waals surface area (Å²) in [6, 6.07) is 5.92. The molecule has 2 rings (SSSR count). The largest absolute Gasteiger partial charge is 0.491 e. The molecule has 0 saturated heterocycles. The van der Waals surface area contributed by atoms with Crippen LogP contribution in [-0.2, 0) is 4.79 Å². The highest BCUT2D eigenvalue weighted by Gasteiger charge is 2.23. The van der Waals surface area contributed by atoms with E-state index >= 15 is 0 Å². The van der Waals surface area contributed by atoms with Crippen LogP contribution in [0.3, 0.4) is 0 Å². The minimum Gasteiger partial charge on any atom is -0.491 e. The molecule has 0 spiro atoms. The molecular formula is C13H18N2O3. The highest BCUT2D eigenvalue weighted by Crippen LogP contribution is 2.35. The Kier molecular flexibility index (Phi) is 4.04. The first-order valence-electron chi connectivity index (χ1n) is 6.08. The Balaban J connectivity index is 2.03. The predicted molar refractivity (Wildman–Crippen MR) is 67.9 cm³/mol. The number of hydrogen-bond acceptors (Lipinski definition) is 4. The maximum Gasteiger partial charge on any atom is 0.257 e. The third-order valence-corrected chi connectivity index (χ3v) is 2.87. The van der Waals surface area contributed by atoms with Gasteiger partial charge in [-0.05, 0) is 18.7 Å². The molecule has 1 amide bonds. The van der Waals surface area contributed by atoms with E-state index in [0.717, 1.165) is 17.9 Å². The van der Waals surface area contributed by atoms with Crippen molar-refractivity contribution in [3.8, 4) is 11.5 Å². The average Bonchev–Trinajstić information content (AvgIpc) is 2.79. The Morgan fingerprint density at radius 3 is 3.11 bits per heavy atom. The number of ether oxygens (including phenoxy) is 2. The highest BCUT2D eigenvalue weighted by atomic mass is 16.5. The lowest BCUT2D eigenvalue weighted by Gasteiger charge is -2.09. The van der Waals surface area contributed by atoms with E-state index in [1.54, 1.807) is 7.05 Å². The van der Waals surface area contributed by atoms with Gasteiger partial charge >= 0.3 is 0 Å². The maximum absolute atomic E-state index is 11.1. The van der Waals surface area contributed by atoms with Gasteiger partial charge in [0.25, 0.3) is 5.91 Å². The molecule has 1 aromatic carbocycles. The first-order chi connectivity index (χ1) is 8.74. The van der Waals surface area contributed by atoms with Crippen molar-refractivity contribution in [2.24, 2.45) is 0 Å². The topological polar surface area (TPSA) is 59.6 Å². The van der Waals surface area contributed by atoms with Gasteiger partial charge in [0.1, 0.15) is 18.1 Å². The Morgan fingerprint density at radius 2 is 2.39 bits per heavy atom. The summed E-state index contributed by atoms with van der Waals surface area (Å²) in [7, 11) is 1.58. The molecule has 1 aliphatic heterocycles. The summed E-state index contributed by atoms with van der Waals surface area (Å²) in [5.41, 5.74) is 1.14.